The molecule has 98 valence electrons. The molecule has 1 heterocycles. The first-order chi connectivity index (χ1) is 9.24. The van der Waals surface area contributed by atoms with Gasteiger partial charge in [0.2, 0.25) is 0 Å². The van der Waals surface area contributed by atoms with Gasteiger partial charge >= 0.3 is 5.97 Å². The van der Waals surface area contributed by atoms with Crippen molar-refractivity contribution in [2.24, 2.45) is 0 Å². The number of anilines is 3. The number of methoxy groups -OCH3 is 1. The molecule has 0 aliphatic heterocycles. The van der Waals surface area contributed by atoms with E-state index in [1.807, 2.05) is 6.07 Å². The van der Waals surface area contributed by atoms with Crippen LogP contribution in [-0.2, 0) is 4.74 Å². The van der Waals surface area contributed by atoms with Crippen LogP contribution in [0, 0.1) is 0 Å². The third-order valence-corrected chi connectivity index (χ3v) is 2.52. The van der Waals surface area contributed by atoms with Gasteiger partial charge in [-0.3, -0.25) is 0 Å². The van der Waals surface area contributed by atoms with Crippen molar-refractivity contribution in [3.8, 4) is 0 Å². The summed E-state index contributed by atoms with van der Waals surface area (Å²) in [6.07, 6.45) is 1.44. The molecule has 0 aliphatic carbocycles. The fraction of sp³-hybridized carbons (Fsp3) is 0.154. The standard InChI is InChI=1S/C13H14N4O2/c1-14-11-7-12(16-8-15-11)17-10-6-4-3-5-9(10)13(18)19-2/h3-8H,1-2H3,(H2,14,15,16,17). The van der Waals surface area contributed by atoms with E-state index in [1.165, 1.54) is 13.4 Å². The lowest BCUT2D eigenvalue weighted by atomic mass is 10.2. The second-order valence-electron chi connectivity index (χ2n) is 3.70. The quantitative estimate of drug-likeness (QED) is 0.817. The Balaban J connectivity index is 2.30. The summed E-state index contributed by atoms with van der Waals surface area (Å²) in [4.78, 5) is 19.8. The molecule has 0 bridgehead atoms. The summed E-state index contributed by atoms with van der Waals surface area (Å²) in [5.41, 5.74) is 1.09. The van der Waals surface area contributed by atoms with Gasteiger partial charge in [0.15, 0.2) is 0 Å². The van der Waals surface area contributed by atoms with Crippen LogP contribution in [0.4, 0.5) is 17.3 Å². The largest absolute Gasteiger partial charge is 0.465 e. The molecule has 6 nitrogen and oxygen atoms in total. The van der Waals surface area contributed by atoms with E-state index in [4.69, 9.17) is 4.74 Å². The number of para-hydroxylation sites is 1. The number of aromatic nitrogens is 2. The monoisotopic (exact) mass is 258 g/mol. The Kier molecular flexibility index (Phi) is 3.92. The average Bonchev–Trinajstić information content (AvgIpc) is 2.47. The molecule has 1 aromatic heterocycles. The van der Waals surface area contributed by atoms with Crippen LogP contribution >= 0.6 is 0 Å². The molecule has 2 rings (SSSR count). The molecule has 0 unspecified atom stereocenters. The number of rotatable bonds is 4. The number of esters is 1. The van der Waals surface area contributed by atoms with Gasteiger partial charge < -0.3 is 15.4 Å². The van der Waals surface area contributed by atoms with E-state index in [1.54, 1.807) is 31.3 Å². The summed E-state index contributed by atoms with van der Waals surface area (Å²) >= 11 is 0. The maximum atomic E-state index is 11.6. The Morgan fingerprint density at radius 3 is 2.68 bits per heavy atom. The lowest BCUT2D eigenvalue weighted by Gasteiger charge is -2.10. The molecule has 0 radical (unpaired) electrons. The summed E-state index contributed by atoms with van der Waals surface area (Å²) in [7, 11) is 3.12. The highest BCUT2D eigenvalue weighted by atomic mass is 16.5. The van der Waals surface area contributed by atoms with Gasteiger partial charge in [-0.15, -0.1) is 0 Å². The number of benzene rings is 1. The van der Waals surface area contributed by atoms with E-state index in [2.05, 4.69) is 20.6 Å². The third kappa shape index (κ3) is 2.98. The van der Waals surface area contributed by atoms with Crippen LogP contribution in [-0.4, -0.2) is 30.1 Å². The maximum Gasteiger partial charge on any atom is 0.339 e. The molecule has 19 heavy (non-hydrogen) atoms. The Hall–Kier alpha value is -2.63. The van der Waals surface area contributed by atoms with Crippen molar-refractivity contribution in [3.05, 3.63) is 42.2 Å². The highest BCUT2D eigenvalue weighted by Crippen LogP contribution is 2.21. The lowest BCUT2D eigenvalue weighted by molar-refractivity contribution is 0.0602. The summed E-state index contributed by atoms with van der Waals surface area (Å²) in [5, 5.41) is 5.99. The minimum Gasteiger partial charge on any atom is -0.465 e. The molecular weight excluding hydrogens is 244 g/mol. The minimum absolute atomic E-state index is 0.397. The summed E-state index contributed by atoms with van der Waals surface area (Å²) in [5.74, 6) is 0.884. The number of hydrogen-bond acceptors (Lipinski definition) is 6. The number of ether oxygens (including phenoxy) is 1. The molecule has 0 amide bonds. The Morgan fingerprint density at radius 1 is 1.21 bits per heavy atom. The van der Waals surface area contributed by atoms with Crippen molar-refractivity contribution >= 4 is 23.3 Å². The van der Waals surface area contributed by atoms with E-state index in [0.717, 1.165) is 0 Å². The average molecular weight is 258 g/mol. The van der Waals surface area contributed by atoms with Crippen molar-refractivity contribution in [3.63, 3.8) is 0 Å². The van der Waals surface area contributed by atoms with Gasteiger partial charge in [0.25, 0.3) is 0 Å². The number of carbonyl (C=O) groups excluding carboxylic acids is 1. The summed E-state index contributed by atoms with van der Waals surface area (Å²) in [6, 6.07) is 8.82. The molecule has 0 spiro atoms. The van der Waals surface area contributed by atoms with Gasteiger partial charge in [0, 0.05) is 13.1 Å². The fourth-order valence-electron chi connectivity index (χ4n) is 1.58. The fourth-order valence-corrected chi connectivity index (χ4v) is 1.58. The zero-order chi connectivity index (χ0) is 13.7. The van der Waals surface area contributed by atoms with E-state index < -0.39 is 5.97 Å². The molecule has 2 aromatic rings. The van der Waals surface area contributed by atoms with E-state index in [-0.39, 0.29) is 0 Å². The van der Waals surface area contributed by atoms with Gasteiger partial charge in [-0.1, -0.05) is 12.1 Å². The molecule has 1 aromatic carbocycles. The number of nitrogens with one attached hydrogen (secondary N) is 2. The van der Waals surface area contributed by atoms with Crippen LogP contribution in [0.15, 0.2) is 36.7 Å². The first-order valence-electron chi connectivity index (χ1n) is 5.68. The van der Waals surface area contributed by atoms with Gasteiger partial charge in [-0.2, -0.15) is 0 Å². The van der Waals surface area contributed by atoms with Crippen LogP contribution in [0.5, 0.6) is 0 Å². The Labute approximate surface area is 110 Å². The van der Waals surface area contributed by atoms with Gasteiger partial charge in [-0.25, -0.2) is 14.8 Å². The second kappa shape index (κ2) is 5.81. The first-order valence-corrected chi connectivity index (χ1v) is 5.68. The van der Waals surface area contributed by atoms with Gasteiger partial charge in [-0.05, 0) is 12.1 Å². The number of nitrogens with zero attached hydrogens (tertiary/aromatic N) is 2. The zero-order valence-corrected chi connectivity index (χ0v) is 10.7. The van der Waals surface area contributed by atoms with Crippen molar-refractivity contribution in [2.75, 3.05) is 24.8 Å². The molecule has 0 fully saturated rings. The minimum atomic E-state index is -0.397. The highest BCUT2D eigenvalue weighted by molar-refractivity contribution is 5.96. The second-order valence-corrected chi connectivity index (χ2v) is 3.70. The number of hydrogen-bond donors (Lipinski definition) is 2. The van der Waals surface area contributed by atoms with Gasteiger partial charge in [0.05, 0.1) is 18.4 Å². The molecule has 2 N–H and O–H groups in total. The van der Waals surface area contributed by atoms with E-state index >= 15 is 0 Å². The molecule has 0 atom stereocenters. The summed E-state index contributed by atoms with van der Waals surface area (Å²) < 4.78 is 4.74. The number of carbonyl (C=O) groups is 1. The Bertz CT molecular complexity index is 586. The van der Waals surface area contributed by atoms with Crippen molar-refractivity contribution in [1.29, 1.82) is 0 Å². The van der Waals surface area contributed by atoms with Crippen LogP contribution in [0.1, 0.15) is 10.4 Å². The molecule has 0 saturated carbocycles. The predicted molar refractivity (Wildman–Crippen MR) is 72.6 cm³/mol. The Morgan fingerprint density at radius 2 is 1.95 bits per heavy atom. The molecule has 0 saturated heterocycles. The van der Waals surface area contributed by atoms with Crippen LogP contribution in [0.2, 0.25) is 0 Å². The first kappa shape index (κ1) is 12.8. The molecular formula is C13H14N4O2. The summed E-state index contributed by atoms with van der Waals surface area (Å²) in [6.45, 7) is 0. The normalized spacial score (nSPS) is 9.79. The highest BCUT2D eigenvalue weighted by Gasteiger charge is 2.11. The smallest absolute Gasteiger partial charge is 0.339 e. The lowest BCUT2D eigenvalue weighted by Crippen LogP contribution is -2.06. The van der Waals surface area contributed by atoms with E-state index in [9.17, 15) is 4.79 Å². The topological polar surface area (TPSA) is 76.1 Å². The van der Waals surface area contributed by atoms with Crippen LogP contribution in [0.3, 0.4) is 0 Å². The third-order valence-electron chi connectivity index (χ3n) is 2.52. The van der Waals surface area contributed by atoms with Crippen LogP contribution in [0.25, 0.3) is 0 Å². The molecule has 0 aliphatic rings. The van der Waals surface area contributed by atoms with Gasteiger partial charge in [0.1, 0.15) is 18.0 Å². The van der Waals surface area contributed by atoms with Crippen molar-refractivity contribution < 1.29 is 9.53 Å². The predicted octanol–water partition coefficient (Wildman–Crippen LogP) is 2.05. The van der Waals surface area contributed by atoms with Crippen molar-refractivity contribution in [1.82, 2.24) is 9.97 Å². The SMILES string of the molecule is CNc1cc(Nc2ccccc2C(=O)OC)ncn1. The molecule has 6 heteroatoms. The van der Waals surface area contributed by atoms with Crippen molar-refractivity contribution in [2.45, 2.75) is 0 Å². The van der Waals surface area contributed by atoms with E-state index in [0.29, 0.717) is 22.9 Å². The van der Waals surface area contributed by atoms with Crippen LogP contribution < -0.4 is 10.6 Å². The zero-order valence-electron chi connectivity index (χ0n) is 10.7. The maximum absolute atomic E-state index is 11.6.